The molecular weight excluding hydrogens is 388 g/mol. The lowest BCUT2D eigenvalue weighted by Crippen LogP contribution is -2.22. The van der Waals surface area contributed by atoms with E-state index in [4.69, 9.17) is 28.4 Å². The Morgan fingerprint density at radius 2 is 1.20 bits per heavy atom. The minimum absolute atomic E-state index is 0.409. The Morgan fingerprint density at radius 1 is 0.733 bits per heavy atom. The van der Waals surface area contributed by atoms with Crippen molar-refractivity contribution in [1.29, 1.82) is 0 Å². The summed E-state index contributed by atoms with van der Waals surface area (Å²) in [5, 5.41) is 11.0. The van der Waals surface area contributed by atoms with E-state index < -0.39 is 12.2 Å². The third kappa shape index (κ3) is 4.91. The SMILES string of the molecule is C/C=C/c1cc(OC)c(O[C@H](C)[C@H](O)c2cc(OC)c(OC)c(OC)c2)c(OC)c1. The fraction of sp³-hybridized carbons (Fsp3) is 0.391. The van der Waals surface area contributed by atoms with Gasteiger partial charge in [-0.3, -0.25) is 0 Å². The molecular formula is C23H30O7. The lowest BCUT2D eigenvalue weighted by molar-refractivity contribution is 0.0431. The maximum absolute atomic E-state index is 11.0. The predicted octanol–water partition coefficient (Wildman–Crippen LogP) is 4.26. The molecule has 7 heteroatoms. The highest BCUT2D eigenvalue weighted by molar-refractivity contribution is 5.62. The second-order valence-corrected chi connectivity index (χ2v) is 6.48. The van der Waals surface area contributed by atoms with Gasteiger partial charge in [0.25, 0.3) is 0 Å². The molecule has 7 nitrogen and oxygen atoms in total. The van der Waals surface area contributed by atoms with Crippen molar-refractivity contribution in [3.05, 3.63) is 41.5 Å². The predicted molar refractivity (Wildman–Crippen MR) is 115 cm³/mol. The second-order valence-electron chi connectivity index (χ2n) is 6.48. The average Bonchev–Trinajstić information content (AvgIpc) is 2.77. The smallest absolute Gasteiger partial charge is 0.203 e. The number of aliphatic hydroxyl groups is 1. The van der Waals surface area contributed by atoms with Crippen LogP contribution in [-0.4, -0.2) is 46.8 Å². The summed E-state index contributed by atoms with van der Waals surface area (Å²) in [6, 6.07) is 7.07. The molecule has 0 fully saturated rings. The molecule has 0 amide bonds. The van der Waals surface area contributed by atoms with Gasteiger partial charge in [-0.05, 0) is 49.2 Å². The zero-order valence-electron chi connectivity index (χ0n) is 18.5. The normalized spacial score (nSPS) is 12.9. The Labute approximate surface area is 177 Å². The Hall–Kier alpha value is -3.06. The molecule has 0 aromatic heterocycles. The molecule has 0 bridgehead atoms. The first-order valence-corrected chi connectivity index (χ1v) is 9.47. The van der Waals surface area contributed by atoms with Crippen molar-refractivity contribution in [1.82, 2.24) is 0 Å². The zero-order chi connectivity index (χ0) is 22.3. The first-order chi connectivity index (χ1) is 14.4. The minimum Gasteiger partial charge on any atom is -0.493 e. The van der Waals surface area contributed by atoms with E-state index >= 15 is 0 Å². The average molecular weight is 418 g/mol. The van der Waals surface area contributed by atoms with Gasteiger partial charge in [-0.25, -0.2) is 0 Å². The van der Waals surface area contributed by atoms with E-state index in [1.165, 1.54) is 21.3 Å². The van der Waals surface area contributed by atoms with Crippen molar-refractivity contribution in [2.75, 3.05) is 35.5 Å². The number of ether oxygens (including phenoxy) is 6. The summed E-state index contributed by atoms with van der Waals surface area (Å²) >= 11 is 0. The van der Waals surface area contributed by atoms with Gasteiger partial charge < -0.3 is 33.5 Å². The van der Waals surface area contributed by atoms with Crippen molar-refractivity contribution in [3.8, 4) is 34.5 Å². The summed E-state index contributed by atoms with van der Waals surface area (Å²) < 4.78 is 33.1. The first-order valence-electron chi connectivity index (χ1n) is 9.47. The number of hydrogen-bond donors (Lipinski definition) is 1. The number of benzene rings is 2. The standard InChI is InChI=1S/C23H30O7/c1-8-9-15-10-17(25-3)23(18(11-15)26-4)30-14(2)21(24)16-12-19(27-5)22(29-7)20(13-16)28-6/h8-14,21,24H,1-7H3/b9-8+/t14-,21+/m1/s1. The lowest BCUT2D eigenvalue weighted by atomic mass is 10.0. The molecule has 2 aromatic carbocycles. The molecule has 2 atom stereocenters. The molecule has 0 radical (unpaired) electrons. The minimum atomic E-state index is -0.983. The zero-order valence-corrected chi connectivity index (χ0v) is 18.5. The molecule has 0 spiro atoms. The van der Waals surface area contributed by atoms with Gasteiger partial charge in [0.15, 0.2) is 23.0 Å². The summed E-state index contributed by atoms with van der Waals surface area (Å²) in [7, 11) is 7.69. The Balaban J connectivity index is 2.39. The molecule has 0 unspecified atom stereocenters. The molecule has 0 aliphatic rings. The molecule has 164 valence electrons. The van der Waals surface area contributed by atoms with E-state index in [9.17, 15) is 5.11 Å². The number of hydrogen-bond acceptors (Lipinski definition) is 7. The van der Waals surface area contributed by atoms with Gasteiger partial charge in [-0.15, -0.1) is 0 Å². The third-order valence-corrected chi connectivity index (χ3v) is 4.62. The van der Waals surface area contributed by atoms with Gasteiger partial charge in [-0.2, -0.15) is 0 Å². The van der Waals surface area contributed by atoms with Crippen LogP contribution in [-0.2, 0) is 0 Å². The van der Waals surface area contributed by atoms with E-state index in [1.807, 2.05) is 31.2 Å². The summed E-state index contributed by atoms with van der Waals surface area (Å²) in [6.45, 7) is 3.69. The second kappa shape index (κ2) is 10.6. The first kappa shape index (κ1) is 23.2. The van der Waals surface area contributed by atoms with Crippen molar-refractivity contribution < 1.29 is 33.5 Å². The largest absolute Gasteiger partial charge is 0.493 e. The van der Waals surface area contributed by atoms with Crippen LogP contribution >= 0.6 is 0 Å². The number of rotatable bonds is 10. The van der Waals surface area contributed by atoms with Crippen LogP contribution in [0.3, 0.4) is 0 Å². The Kier molecular flexibility index (Phi) is 8.24. The molecule has 0 aliphatic heterocycles. The van der Waals surface area contributed by atoms with E-state index in [-0.39, 0.29) is 0 Å². The lowest BCUT2D eigenvalue weighted by Gasteiger charge is -2.24. The monoisotopic (exact) mass is 418 g/mol. The third-order valence-electron chi connectivity index (χ3n) is 4.62. The molecule has 0 saturated carbocycles. The van der Waals surface area contributed by atoms with Crippen molar-refractivity contribution in [3.63, 3.8) is 0 Å². The van der Waals surface area contributed by atoms with Gasteiger partial charge in [0, 0.05) is 0 Å². The van der Waals surface area contributed by atoms with Gasteiger partial charge in [0.2, 0.25) is 11.5 Å². The maximum Gasteiger partial charge on any atom is 0.203 e. The molecule has 0 aliphatic carbocycles. The van der Waals surface area contributed by atoms with E-state index in [2.05, 4.69) is 0 Å². The van der Waals surface area contributed by atoms with E-state index in [0.717, 1.165) is 5.56 Å². The highest BCUT2D eigenvalue weighted by Gasteiger charge is 2.25. The summed E-state index contributed by atoms with van der Waals surface area (Å²) in [4.78, 5) is 0. The number of methoxy groups -OCH3 is 5. The summed E-state index contributed by atoms with van der Waals surface area (Å²) in [6.07, 6.45) is 2.24. The molecule has 2 aromatic rings. The Morgan fingerprint density at radius 3 is 1.60 bits per heavy atom. The highest BCUT2D eigenvalue weighted by atomic mass is 16.6. The topological polar surface area (TPSA) is 75.6 Å². The van der Waals surface area contributed by atoms with Crippen molar-refractivity contribution in [2.24, 2.45) is 0 Å². The van der Waals surface area contributed by atoms with Crippen LogP contribution in [0.25, 0.3) is 6.08 Å². The fourth-order valence-corrected chi connectivity index (χ4v) is 3.10. The number of aliphatic hydroxyl groups excluding tert-OH is 1. The fourth-order valence-electron chi connectivity index (χ4n) is 3.10. The molecule has 0 saturated heterocycles. The molecule has 0 heterocycles. The maximum atomic E-state index is 11.0. The van der Waals surface area contributed by atoms with Crippen LogP contribution in [0, 0.1) is 0 Å². The summed E-state index contributed by atoms with van der Waals surface area (Å²) in [5.74, 6) is 2.77. The van der Waals surface area contributed by atoms with Crippen LogP contribution in [0.4, 0.5) is 0 Å². The van der Waals surface area contributed by atoms with E-state index in [0.29, 0.717) is 40.1 Å². The van der Waals surface area contributed by atoms with Crippen molar-refractivity contribution in [2.45, 2.75) is 26.1 Å². The van der Waals surface area contributed by atoms with Crippen LogP contribution in [0.5, 0.6) is 34.5 Å². The number of allylic oxidation sites excluding steroid dienone is 1. The van der Waals surface area contributed by atoms with Crippen LogP contribution in [0.15, 0.2) is 30.3 Å². The molecule has 1 N–H and O–H groups in total. The Bertz CT molecular complexity index is 826. The quantitative estimate of drug-likeness (QED) is 0.618. The van der Waals surface area contributed by atoms with E-state index in [1.54, 1.807) is 33.3 Å². The van der Waals surface area contributed by atoms with Crippen LogP contribution in [0.2, 0.25) is 0 Å². The van der Waals surface area contributed by atoms with Gasteiger partial charge >= 0.3 is 0 Å². The molecule has 30 heavy (non-hydrogen) atoms. The van der Waals surface area contributed by atoms with Crippen LogP contribution < -0.4 is 28.4 Å². The van der Waals surface area contributed by atoms with Gasteiger partial charge in [0.05, 0.1) is 35.5 Å². The van der Waals surface area contributed by atoms with Crippen LogP contribution in [0.1, 0.15) is 31.1 Å². The van der Waals surface area contributed by atoms with Gasteiger partial charge in [-0.1, -0.05) is 12.2 Å². The molecule has 2 rings (SSSR count). The summed E-state index contributed by atoms with van der Waals surface area (Å²) in [5.41, 5.74) is 1.47. The van der Waals surface area contributed by atoms with Crippen molar-refractivity contribution >= 4 is 6.08 Å². The van der Waals surface area contributed by atoms with Gasteiger partial charge in [0.1, 0.15) is 12.2 Å². The highest BCUT2D eigenvalue weighted by Crippen LogP contribution is 2.43.